The van der Waals surface area contributed by atoms with Crippen LogP contribution in [-0.4, -0.2) is 26.9 Å². The second kappa shape index (κ2) is 10.5. The number of hydrogen-bond donors (Lipinski definition) is 0. The summed E-state index contributed by atoms with van der Waals surface area (Å²) in [5, 5.41) is 0.811. The van der Waals surface area contributed by atoms with Crippen LogP contribution in [0.5, 0.6) is 0 Å². The van der Waals surface area contributed by atoms with Crippen LogP contribution < -0.4 is 5.56 Å². The largest absolute Gasteiger partial charge is 0.416 e. The molecule has 5 nitrogen and oxygen atoms in total. The first-order chi connectivity index (χ1) is 19.2. The van der Waals surface area contributed by atoms with Crippen molar-refractivity contribution in [3.05, 3.63) is 98.6 Å². The molecule has 0 saturated heterocycles. The number of amides is 1. The first-order valence-electron chi connectivity index (χ1n) is 12.6. The predicted molar refractivity (Wildman–Crippen MR) is 141 cm³/mol. The number of fused-ring (bicyclic) bond motifs is 2. The summed E-state index contributed by atoms with van der Waals surface area (Å²) in [6.45, 7) is 1.48. The van der Waals surface area contributed by atoms with Crippen LogP contribution in [0.1, 0.15) is 40.5 Å². The van der Waals surface area contributed by atoms with Gasteiger partial charge in [-0.15, -0.1) is 0 Å². The van der Waals surface area contributed by atoms with Crippen molar-refractivity contribution in [1.82, 2.24) is 14.5 Å². The van der Waals surface area contributed by atoms with Gasteiger partial charge in [0.15, 0.2) is 0 Å². The molecule has 0 aliphatic carbocycles. The molecule has 1 amide bonds. The lowest BCUT2D eigenvalue weighted by atomic mass is 9.95. The van der Waals surface area contributed by atoms with Crippen LogP contribution in [-0.2, 0) is 25.4 Å². The maximum Gasteiger partial charge on any atom is 0.416 e. The van der Waals surface area contributed by atoms with Crippen LogP contribution in [0.25, 0.3) is 22.0 Å². The fourth-order valence-corrected chi connectivity index (χ4v) is 5.26. The highest BCUT2D eigenvalue weighted by Crippen LogP contribution is 2.38. The smallest absolute Gasteiger partial charge is 0.333 e. The molecule has 0 N–H and O–H groups in total. The van der Waals surface area contributed by atoms with Gasteiger partial charge in [0.1, 0.15) is 11.2 Å². The summed E-state index contributed by atoms with van der Waals surface area (Å²) in [5.74, 6) is -0.916. The molecule has 1 aliphatic heterocycles. The second-order valence-corrected chi connectivity index (χ2v) is 10.5. The number of alkyl halides is 6. The number of pyridine rings is 2. The number of carbonyl (C=O) groups is 1. The molecule has 0 unspecified atom stereocenters. The molecule has 1 atom stereocenters. The summed E-state index contributed by atoms with van der Waals surface area (Å²) in [6.07, 6.45) is -8.19. The van der Waals surface area contributed by atoms with E-state index in [2.05, 4.69) is 4.98 Å². The van der Waals surface area contributed by atoms with E-state index in [1.165, 1.54) is 15.7 Å². The molecule has 3 heterocycles. The number of halogens is 7. The molecule has 0 spiro atoms. The number of benzene rings is 2. The van der Waals surface area contributed by atoms with Gasteiger partial charge in [0.05, 0.1) is 11.1 Å². The summed E-state index contributed by atoms with van der Waals surface area (Å²) < 4.78 is 82.5. The van der Waals surface area contributed by atoms with Crippen molar-refractivity contribution in [1.29, 1.82) is 0 Å². The molecular formula is C29H22ClF6N3O2. The minimum Gasteiger partial charge on any atom is -0.333 e. The Morgan fingerprint density at radius 1 is 0.951 bits per heavy atom. The van der Waals surface area contributed by atoms with E-state index in [1.54, 1.807) is 43.3 Å². The number of aromatic nitrogens is 2. The second-order valence-electron chi connectivity index (χ2n) is 10.1. The molecule has 0 fully saturated rings. The lowest BCUT2D eigenvalue weighted by Gasteiger charge is -2.32. The Bertz CT molecular complexity index is 1660. The van der Waals surface area contributed by atoms with Crippen LogP contribution >= 0.6 is 11.6 Å². The van der Waals surface area contributed by atoms with Crippen LogP contribution in [0.3, 0.4) is 0 Å². The standard InChI is InChI=1S/C29H22ClF6N3O2/c1-16-8-10-39-25(23(18-4-6-21(30)7-5-18)22-3-2-9-37-24(22)26(39)40)27(41)38(14-16)15-17-11-19(28(31,32)33)13-20(12-17)29(34,35)36/h2-7,9,11-13,16H,8,10,14-15H2,1H3/t16-/m1/s1. The summed E-state index contributed by atoms with van der Waals surface area (Å²) in [5.41, 5.74) is -2.78. The monoisotopic (exact) mass is 593 g/mol. The summed E-state index contributed by atoms with van der Waals surface area (Å²) >= 11 is 6.08. The molecule has 0 bridgehead atoms. The molecule has 41 heavy (non-hydrogen) atoms. The van der Waals surface area contributed by atoms with E-state index in [0.29, 0.717) is 40.1 Å². The zero-order valence-electron chi connectivity index (χ0n) is 21.5. The van der Waals surface area contributed by atoms with Crippen molar-refractivity contribution in [2.24, 2.45) is 5.92 Å². The average Bonchev–Trinajstić information content (AvgIpc) is 2.90. The maximum atomic E-state index is 14.2. The molecule has 12 heteroatoms. The molecule has 5 rings (SSSR count). The molecule has 1 aliphatic rings. The van der Waals surface area contributed by atoms with Gasteiger partial charge in [-0.05, 0) is 59.9 Å². The number of nitrogens with zero attached hydrogens (tertiary/aromatic N) is 3. The third-order valence-corrected chi connectivity index (χ3v) is 7.30. The first kappa shape index (κ1) is 28.7. The molecule has 4 aromatic rings. The van der Waals surface area contributed by atoms with Crippen LogP contribution in [0.2, 0.25) is 5.02 Å². The van der Waals surface area contributed by atoms with Gasteiger partial charge in [0.2, 0.25) is 0 Å². The van der Waals surface area contributed by atoms with Crippen molar-refractivity contribution in [3.8, 4) is 11.1 Å². The summed E-state index contributed by atoms with van der Waals surface area (Å²) in [4.78, 5) is 33.2. The lowest BCUT2D eigenvalue weighted by Crippen LogP contribution is -2.41. The quantitative estimate of drug-likeness (QED) is 0.232. The lowest BCUT2D eigenvalue weighted by molar-refractivity contribution is -0.143. The van der Waals surface area contributed by atoms with E-state index in [-0.39, 0.29) is 41.8 Å². The minimum atomic E-state index is -5.03. The molecule has 214 valence electrons. The fraction of sp³-hybridized carbons (Fsp3) is 0.276. The average molecular weight is 594 g/mol. The fourth-order valence-electron chi connectivity index (χ4n) is 5.13. The van der Waals surface area contributed by atoms with E-state index in [9.17, 15) is 35.9 Å². The van der Waals surface area contributed by atoms with Crippen LogP contribution in [0, 0.1) is 5.92 Å². The predicted octanol–water partition coefficient (Wildman–Crippen LogP) is 7.44. The highest BCUT2D eigenvalue weighted by molar-refractivity contribution is 6.30. The van der Waals surface area contributed by atoms with Crippen LogP contribution in [0.4, 0.5) is 26.3 Å². The Balaban J connectivity index is 1.72. The molecule has 2 aromatic heterocycles. The van der Waals surface area contributed by atoms with Crippen LogP contribution in [0.15, 0.2) is 65.6 Å². The Labute approximate surface area is 235 Å². The van der Waals surface area contributed by atoms with E-state index >= 15 is 0 Å². The van der Waals surface area contributed by atoms with E-state index in [4.69, 9.17) is 11.6 Å². The van der Waals surface area contributed by atoms with Crippen molar-refractivity contribution in [3.63, 3.8) is 0 Å². The molecule has 2 aromatic carbocycles. The highest BCUT2D eigenvalue weighted by Gasteiger charge is 2.38. The van der Waals surface area contributed by atoms with E-state index < -0.39 is 41.5 Å². The Morgan fingerprint density at radius 2 is 1.59 bits per heavy atom. The van der Waals surface area contributed by atoms with Gasteiger partial charge in [-0.25, -0.2) is 0 Å². The van der Waals surface area contributed by atoms with Gasteiger partial charge in [0, 0.05) is 41.8 Å². The Morgan fingerprint density at radius 3 is 2.20 bits per heavy atom. The number of rotatable bonds is 3. The van der Waals surface area contributed by atoms with Crippen molar-refractivity contribution in [2.45, 2.75) is 38.8 Å². The van der Waals surface area contributed by atoms with Crippen molar-refractivity contribution < 1.29 is 31.1 Å². The Hall–Kier alpha value is -3.86. The van der Waals surface area contributed by atoms with E-state index in [0.717, 1.165) is 0 Å². The van der Waals surface area contributed by atoms with Gasteiger partial charge in [-0.2, -0.15) is 26.3 Å². The van der Waals surface area contributed by atoms with Gasteiger partial charge in [-0.3, -0.25) is 14.6 Å². The molecular weight excluding hydrogens is 572 g/mol. The topological polar surface area (TPSA) is 55.2 Å². The van der Waals surface area contributed by atoms with E-state index in [1.807, 2.05) is 0 Å². The maximum absolute atomic E-state index is 14.2. The van der Waals surface area contributed by atoms with Crippen molar-refractivity contribution in [2.75, 3.05) is 6.54 Å². The third-order valence-electron chi connectivity index (χ3n) is 7.05. The van der Waals surface area contributed by atoms with Crippen molar-refractivity contribution >= 4 is 28.4 Å². The summed E-state index contributed by atoms with van der Waals surface area (Å²) in [7, 11) is 0. The molecule has 0 radical (unpaired) electrons. The first-order valence-corrected chi connectivity index (χ1v) is 13.0. The zero-order chi connectivity index (χ0) is 29.7. The zero-order valence-corrected chi connectivity index (χ0v) is 22.2. The van der Waals surface area contributed by atoms with Gasteiger partial charge >= 0.3 is 12.4 Å². The highest BCUT2D eigenvalue weighted by atomic mass is 35.5. The summed E-state index contributed by atoms with van der Waals surface area (Å²) in [6, 6.07) is 11.1. The van der Waals surface area contributed by atoms with Gasteiger partial charge < -0.3 is 9.47 Å². The Kier molecular flexibility index (Phi) is 7.35. The normalized spacial score (nSPS) is 16.4. The van der Waals surface area contributed by atoms with Gasteiger partial charge in [0.25, 0.3) is 11.5 Å². The number of hydrogen-bond acceptors (Lipinski definition) is 3. The minimum absolute atomic E-state index is 0.0206. The van der Waals surface area contributed by atoms with Gasteiger partial charge in [-0.1, -0.05) is 36.7 Å². The third kappa shape index (κ3) is 5.68. The SMILES string of the molecule is C[C@@H]1CCn2c(c(-c3ccc(Cl)cc3)c3cccnc3c2=O)C(=O)N(Cc2cc(C(F)(F)F)cc(C(F)(F)F)c2)C1. The number of carbonyl (C=O) groups excluding carboxylic acids is 1. The molecule has 0 saturated carbocycles.